The van der Waals surface area contributed by atoms with Gasteiger partial charge in [-0.3, -0.25) is 0 Å². The van der Waals surface area contributed by atoms with Crippen LogP contribution in [-0.4, -0.2) is 4.98 Å². The highest BCUT2D eigenvalue weighted by molar-refractivity contribution is 7.55. The number of hydrogen-bond acceptors (Lipinski definition) is 7. The van der Waals surface area contributed by atoms with Gasteiger partial charge in [-0.2, -0.15) is 0 Å². The van der Waals surface area contributed by atoms with Gasteiger partial charge >= 0.3 is 7.60 Å². The van der Waals surface area contributed by atoms with Gasteiger partial charge in [0.25, 0.3) is 0 Å². The molecule has 0 radical (unpaired) electrons. The van der Waals surface area contributed by atoms with Gasteiger partial charge in [0.05, 0.1) is 22.0 Å². The minimum absolute atomic E-state index is 0.429. The summed E-state index contributed by atoms with van der Waals surface area (Å²) in [5.74, 6) is 0.382. The van der Waals surface area contributed by atoms with Crippen molar-refractivity contribution in [2.24, 2.45) is 0 Å². The van der Waals surface area contributed by atoms with E-state index in [0.29, 0.717) is 17.3 Å². The minimum atomic E-state index is -3.90. The summed E-state index contributed by atoms with van der Waals surface area (Å²) < 4.78 is 33.2. The molecule has 0 saturated carbocycles. The maximum atomic E-state index is 14.4. The maximum absolute atomic E-state index is 14.4. The third kappa shape index (κ3) is 4.40. The Hall–Kier alpha value is -3.54. The van der Waals surface area contributed by atoms with Gasteiger partial charge in [-0.15, -0.1) is 11.3 Å². The first kappa shape index (κ1) is 20.4. The van der Waals surface area contributed by atoms with Gasteiger partial charge in [0.2, 0.25) is 5.78 Å². The van der Waals surface area contributed by atoms with E-state index in [-0.39, 0.29) is 0 Å². The number of para-hydroxylation sites is 2. The number of benzene rings is 3. The summed E-state index contributed by atoms with van der Waals surface area (Å²) in [5.41, 5.74) is 3.36. The molecule has 5 rings (SSSR count). The van der Waals surface area contributed by atoms with Crippen molar-refractivity contribution in [1.29, 1.82) is 0 Å². The van der Waals surface area contributed by atoms with E-state index in [1.165, 1.54) is 6.26 Å². The summed E-state index contributed by atoms with van der Waals surface area (Å²) in [7, 11) is -3.90. The van der Waals surface area contributed by atoms with Crippen LogP contribution in [-0.2, 0) is 4.57 Å². The summed E-state index contributed by atoms with van der Waals surface area (Å²) in [6, 6.07) is 27.2. The Morgan fingerprint density at radius 3 is 2.19 bits per heavy atom. The summed E-state index contributed by atoms with van der Waals surface area (Å²) in [4.78, 5) is 4.37. The molecule has 0 bridgehead atoms. The lowest BCUT2D eigenvalue weighted by molar-refractivity contribution is 0.366. The molecule has 0 aliphatic carbocycles. The van der Waals surface area contributed by atoms with Crippen molar-refractivity contribution >= 4 is 34.8 Å². The van der Waals surface area contributed by atoms with Gasteiger partial charge < -0.3 is 18.8 Å². The maximum Gasteiger partial charge on any atom is 0.460 e. The van der Waals surface area contributed by atoms with Gasteiger partial charge in [-0.1, -0.05) is 36.4 Å². The average molecular weight is 462 g/mol. The van der Waals surface area contributed by atoms with Gasteiger partial charge in [0.15, 0.2) is 0 Å². The summed E-state index contributed by atoms with van der Waals surface area (Å²) in [6.45, 7) is 0. The van der Waals surface area contributed by atoms with E-state index in [9.17, 15) is 4.57 Å². The van der Waals surface area contributed by atoms with E-state index in [1.54, 1.807) is 53.2 Å². The number of furan rings is 1. The zero-order valence-corrected chi connectivity index (χ0v) is 18.5. The molecule has 2 heterocycles. The number of fused-ring (bicyclic) bond motifs is 1. The molecular weight excluding hydrogens is 443 g/mol. The number of rotatable bonds is 8. The van der Waals surface area contributed by atoms with Crippen molar-refractivity contribution in [2.45, 2.75) is 5.78 Å². The molecule has 0 amide bonds. The molecular formula is C24H19N2O4PS. The number of nitrogens with one attached hydrogen (secondary N) is 1. The fourth-order valence-corrected chi connectivity index (χ4v) is 5.74. The van der Waals surface area contributed by atoms with E-state index in [1.807, 2.05) is 54.6 Å². The van der Waals surface area contributed by atoms with E-state index in [2.05, 4.69) is 10.3 Å². The lowest BCUT2D eigenvalue weighted by Gasteiger charge is -2.27. The Labute approximate surface area is 189 Å². The Bertz CT molecular complexity index is 1290. The molecule has 0 aliphatic heterocycles. The molecule has 3 aromatic carbocycles. The van der Waals surface area contributed by atoms with Crippen LogP contribution in [0.15, 0.2) is 107 Å². The first-order valence-corrected chi connectivity index (χ1v) is 12.4. The molecule has 1 N–H and O–H groups in total. The van der Waals surface area contributed by atoms with Crippen molar-refractivity contribution in [3.05, 3.63) is 109 Å². The molecule has 0 fully saturated rings. The standard InChI is InChI=1S/C24H19N2O4PS/c27-31(29-19-8-3-1-4-9-19,30-20-10-5-2-6-11-20)24(22-12-7-15-28-22)26-18-13-14-23-21(16-18)25-17-32-23/h1-17,24,26H. The van der Waals surface area contributed by atoms with Crippen LogP contribution in [0.3, 0.4) is 0 Å². The molecule has 2 aromatic heterocycles. The normalized spacial score (nSPS) is 12.4. The Morgan fingerprint density at radius 1 is 0.875 bits per heavy atom. The fourth-order valence-electron chi connectivity index (χ4n) is 3.24. The predicted octanol–water partition coefficient (Wildman–Crippen LogP) is 7.35. The largest absolute Gasteiger partial charge is 0.466 e. The molecule has 8 heteroatoms. The SMILES string of the molecule is O=P(Oc1ccccc1)(Oc1ccccc1)C(Nc1ccc2scnc2c1)c1ccco1. The lowest BCUT2D eigenvalue weighted by Crippen LogP contribution is -2.17. The first-order chi connectivity index (χ1) is 15.7. The second kappa shape index (κ2) is 8.91. The number of aromatic nitrogens is 1. The van der Waals surface area contributed by atoms with Gasteiger partial charge in [-0.25, -0.2) is 9.55 Å². The Kier molecular flexibility index (Phi) is 5.67. The molecule has 0 saturated heterocycles. The topological polar surface area (TPSA) is 73.6 Å². The Balaban J connectivity index is 1.57. The van der Waals surface area contributed by atoms with Crippen molar-refractivity contribution in [1.82, 2.24) is 4.98 Å². The number of hydrogen-bond donors (Lipinski definition) is 1. The molecule has 0 aliphatic rings. The third-order valence-electron chi connectivity index (χ3n) is 4.71. The van der Waals surface area contributed by atoms with Crippen molar-refractivity contribution in [3.8, 4) is 11.5 Å². The molecule has 6 nitrogen and oxygen atoms in total. The fraction of sp³-hybridized carbons (Fsp3) is 0.0417. The second-order valence-corrected chi connectivity index (χ2v) is 9.79. The van der Waals surface area contributed by atoms with Gasteiger partial charge in [0.1, 0.15) is 17.3 Å². The molecule has 0 spiro atoms. The van der Waals surface area contributed by atoms with Crippen molar-refractivity contribution in [2.75, 3.05) is 5.32 Å². The molecule has 32 heavy (non-hydrogen) atoms. The van der Waals surface area contributed by atoms with Crippen LogP contribution in [0.4, 0.5) is 5.69 Å². The van der Waals surface area contributed by atoms with E-state index >= 15 is 0 Å². The summed E-state index contributed by atoms with van der Waals surface area (Å²) >= 11 is 1.56. The average Bonchev–Trinajstić information content (AvgIpc) is 3.50. The zero-order valence-electron chi connectivity index (χ0n) is 16.8. The monoisotopic (exact) mass is 462 g/mol. The minimum Gasteiger partial charge on any atom is -0.466 e. The van der Waals surface area contributed by atoms with Crippen molar-refractivity contribution in [3.63, 3.8) is 0 Å². The van der Waals surface area contributed by atoms with Crippen molar-refractivity contribution < 1.29 is 18.0 Å². The highest BCUT2D eigenvalue weighted by atomic mass is 32.1. The van der Waals surface area contributed by atoms with Crippen LogP contribution in [0.25, 0.3) is 10.2 Å². The zero-order chi connectivity index (χ0) is 21.8. The predicted molar refractivity (Wildman–Crippen MR) is 126 cm³/mol. The first-order valence-electron chi connectivity index (χ1n) is 9.92. The van der Waals surface area contributed by atoms with Gasteiger partial charge in [-0.05, 0) is 54.6 Å². The second-order valence-electron chi connectivity index (χ2n) is 6.95. The lowest BCUT2D eigenvalue weighted by atomic mass is 10.3. The number of nitrogens with zero attached hydrogens (tertiary/aromatic N) is 1. The Morgan fingerprint density at radius 2 is 1.56 bits per heavy atom. The molecule has 5 aromatic rings. The summed E-state index contributed by atoms with van der Waals surface area (Å²) in [6.07, 6.45) is 1.53. The van der Waals surface area contributed by atoms with Crippen LogP contribution in [0.5, 0.6) is 11.5 Å². The van der Waals surface area contributed by atoms with E-state index in [0.717, 1.165) is 15.9 Å². The highest BCUT2D eigenvalue weighted by Gasteiger charge is 2.43. The van der Waals surface area contributed by atoms with Crippen LogP contribution >= 0.6 is 18.9 Å². The van der Waals surface area contributed by atoms with E-state index in [4.69, 9.17) is 13.5 Å². The van der Waals surface area contributed by atoms with Crippen LogP contribution in [0.2, 0.25) is 0 Å². The highest BCUT2D eigenvalue weighted by Crippen LogP contribution is 2.60. The van der Waals surface area contributed by atoms with Gasteiger partial charge in [0, 0.05) is 5.69 Å². The van der Waals surface area contributed by atoms with Crippen LogP contribution in [0.1, 0.15) is 11.5 Å². The van der Waals surface area contributed by atoms with E-state index < -0.39 is 13.4 Å². The quantitative estimate of drug-likeness (QED) is 0.243. The number of anilines is 1. The summed E-state index contributed by atoms with van der Waals surface area (Å²) in [5, 5.41) is 3.30. The molecule has 1 unspecified atom stereocenters. The smallest absolute Gasteiger partial charge is 0.460 e. The third-order valence-corrected chi connectivity index (χ3v) is 7.47. The molecule has 160 valence electrons. The molecule has 1 atom stereocenters. The van der Waals surface area contributed by atoms with Crippen LogP contribution < -0.4 is 14.4 Å². The van der Waals surface area contributed by atoms with Crippen LogP contribution in [0, 0.1) is 0 Å². The number of thiazole rings is 1.